The monoisotopic (exact) mass is 574 g/mol. The smallest absolute Gasteiger partial charge is 0.339 e. The lowest BCUT2D eigenvalue weighted by Crippen LogP contribution is -2.56. The van der Waals surface area contributed by atoms with E-state index in [9.17, 15) is 27.2 Å². The second-order valence-electron chi connectivity index (χ2n) is 10.2. The molecule has 2 aliphatic heterocycles. The van der Waals surface area contributed by atoms with Crippen molar-refractivity contribution >= 4 is 29.0 Å². The van der Waals surface area contributed by atoms with Crippen LogP contribution in [0.3, 0.4) is 0 Å². The number of anilines is 1. The lowest BCUT2D eigenvalue weighted by molar-refractivity contribution is -0.137. The van der Waals surface area contributed by atoms with Gasteiger partial charge in [-0.2, -0.15) is 13.2 Å². The van der Waals surface area contributed by atoms with Gasteiger partial charge in [-0.05, 0) is 66.2 Å². The van der Waals surface area contributed by atoms with E-state index in [1.165, 1.54) is 28.0 Å². The van der Waals surface area contributed by atoms with Crippen LogP contribution in [0.1, 0.15) is 41.0 Å². The van der Waals surface area contributed by atoms with Crippen LogP contribution in [-0.4, -0.2) is 65.4 Å². The number of carbonyl (C=O) groups is 2. The average molecular weight is 575 g/mol. The van der Waals surface area contributed by atoms with Crippen molar-refractivity contribution in [1.29, 1.82) is 0 Å². The molecule has 1 fully saturated rings. The third kappa shape index (κ3) is 6.15. The van der Waals surface area contributed by atoms with E-state index in [2.05, 4.69) is 21.7 Å². The summed E-state index contributed by atoms with van der Waals surface area (Å²) >= 11 is 1.70. The summed E-state index contributed by atoms with van der Waals surface area (Å²) in [7, 11) is 0. The van der Waals surface area contributed by atoms with Crippen molar-refractivity contribution in [2.24, 2.45) is 0 Å². The maximum Gasteiger partial charge on any atom is 0.416 e. The molecule has 1 N–H and O–H groups in total. The number of fused-ring (bicyclic) bond motifs is 1. The molecule has 3 heterocycles. The molecule has 2 aliphatic rings. The van der Waals surface area contributed by atoms with Gasteiger partial charge in [-0.1, -0.05) is 18.2 Å². The van der Waals surface area contributed by atoms with Crippen molar-refractivity contribution in [3.05, 3.63) is 87.4 Å². The predicted octanol–water partition coefficient (Wildman–Crippen LogP) is 6.01. The highest BCUT2D eigenvalue weighted by atomic mass is 32.1. The molecule has 6 nitrogen and oxygen atoms in total. The largest absolute Gasteiger partial charge is 0.416 e. The van der Waals surface area contributed by atoms with E-state index in [1.54, 1.807) is 28.4 Å². The Balaban J connectivity index is 1.18. The van der Waals surface area contributed by atoms with Gasteiger partial charge in [0.1, 0.15) is 5.82 Å². The van der Waals surface area contributed by atoms with Crippen LogP contribution in [-0.2, 0) is 17.4 Å². The highest BCUT2D eigenvalue weighted by Crippen LogP contribution is 2.38. The van der Waals surface area contributed by atoms with Gasteiger partial charge in [-0.15, -0.1) is 11.3 Å². The van der Waals surface area contributed by atoms with E-state index < -0.39 is 17.8 Å². The molecule has 11 heteroatoms. The number of hydrogen-bond acceptors (Lipinski definition) is 4. The summed E-state index contributed by atoms with van der Waals surface area (Å²) in [6, 6.07) is 12.3. The highest BCUT2D eigenvalue weighted by Gasteiger charge is 2.34. The molecular weight excluding hydrogens is 544 g/mol. The number of alkyl halides is 3. The van der Waals surface area contributed by atoms with Crippen molar-refractivity contribution in [2.45, 2.75) is 38.0 Å². The maximum atomic E-state index is 14.1. The Labute approximate surface area is 234 Å². The molecule has 40 heavy (non-hydrogen) atoms. The van der Waals surface area contributed by atoms with Crippen LogP contribution < -0.4 is 5.32 Å². The lowest BCUT2D eigenvalue weighted by Gasteiger charge is -2.40. The first-order valence-corrected chi connectivity index (χ1v) is 14.1. The standard InChI is InChI=1S/C29H30F4N4O2S/c1-19-18-36(13-14-37(19)28(39)34-23-7-3-5-21(17-23)29(31,32)33)26(38)9-12-35-11-8-25-24(10-15-40-25)27(35)20-4-2-6-22(30)16-20/h2-7,10,15-17,19,27H,8-9,11-14,18H2,1H3,(H,34,39)/t19-,27+/m0/s1. The fourth-order valence-electron chi connectivity index (χ4n) is 5.53. The van der Waals surface area contributed by atoms with Gasteiger partial charge in [-0.3, -0.25) is 9.69 Å². The fraction of sp³-hybridized carbons (Fsp3) is 0.379. The maximum absolute atomic E-state index is 14.1. The number of nitrogens with one attached hydrogen (secondary N) is 1. The molecule has 5 rings (SSSR count). The quantitative estimate of drug-likeness (QED) is 0.380. The first kappa shape index (κ1) is 28.1. The molecule has 2 aromatic carbocycles. The number of rotatable bonds is 5. The summed E-state index contributed by atoms with van der Waals surface area (Å²) in [5, 5.41) is 4.60. The molecule has 1 saturated heterocycles. The zero-order valence-electron chi connectivity index (χ0n) is 22.0. The number of halogens is 4. The summed E-state index contributed by atoms with van der Waals surface area (Å²) in [6.45, 7) is 4.03. The van der Waals surface area contributed by atoms with Crippen LogP contribution in [0.15, 0.2) is 60.0 Å². The van der Waals surface area contributed by atoms with E-state index >= 15 is 0 Å². The molecule has 212 valence electrons. The minimum Gasteiger partial charge on any atom is -0.339 e. The molecule has 0 spiro atoms. The van der Waals surface area contributed by atoms with Crippen molar-refractivity contribution < 1.29 is 27.2 Å². The number of nitrogens with zero attached hydrogens (tertiary/aromatic N) is 3. The van der Waals surface area contributed by atoms with E-state index in [-0.39, 0.29) is 42.5 Å². The van der Waals surface area contributed by atoms with Crippen LogP contribution in [0.5, 0.6) is 0 Å². The van der Waals surface area contributed by atoms with Crippen LogP contribution in [0.4, 0.5) is 28.0 Å². The van der Waals surface area contributed by atoms with E-state index in [0.29, 0.717) is 19.6 Å². The minimum absolute atomic E-state index is 0.0288. The van der Waals surface area contributed by atoms with Gasteiger partial charge in [0, 0.05) is 55.8 Å². The third-order valence-corrected chi connectivity index (χ3v) is 8.52. The number of piperazine rings is 1. The number of carbonyl (C=O) groups excluding carboxylic acids is 2. The Kier molecular flexibility index (Phi) is 8.14. The summed E-state index contributed by atoms with van der Waals surface area (Å²) in [5.41, 5.74) is 1.25. The topological polar surface area (TPSA) is 55.9 Å². The van der Waals surface area contributed by atoms with Crippen LogP contribution >= 0.6 is 11.3 Å². The van der Waals surface area contributed by atoms with Gasteiger partial charge in [-0.25, -0.2) is 9.18 Å². The molecule has 0 bridgehead atoms. The predicted molar refractivity (Wildman–Crippen MR) is 146 cm³/mol. The summed E-state index contributed by atoms with van der Waals surface area (Å²) in [5.74, 6) is -0.321. The fourth-order valence-corrected chi connectivity index (χ4v) is 6.43. The van der Waals surface area contributed by atoms with Gasteiger partial charge >= 0.3 is 12.2 Å². The van der Waals surface area contributed by atoms with Crippen LogP contribution in [0, 0.1) is 5.82 Å². The number of thiophene rings is 1. The summed E-state index contributed by atoms with van der Waals surface area (Å²) < 4.78 is 53.1. The number of amides is 3. The van der Waals surface area contributed by atoms with Crippen molar-refractivity contribution in [3.63, 3.8) is 0 Å². The minimum atomic E-state index is -4.50. The molecule has 0 unspecified atom stereocenters. The Morgan fingerprint density at radius 1 is 1.05 bits per heavy atom. The molecule has 3 amide bonds. The number of hydrogen-bond donors (Lipinski definition) is 1. The molecule has 3 aromatic rings. The zero-order valence-corrected chi connectivity index (χ0v) is 22.8. The molecule has 0 saturated carbocycles. The first-order valence-electron chi connectivity index (χ1n) is 13.2. The number of benzene rings is 2. The Morgan fingerprint density at radius 3 is 2.60 bits per heavy atom. The zero-order chi connectivity index (χ0) is 28.4. The van der Waals surface area contributed by atoms with Gasteiger partial charge in [0.15, 0.2) is 0 Å². The second-order valence-corrected chi connectivity index (χ2v) is 11.2. The first-order chi connectivity index (χ1) is 19.1. The Morgan fingerprint density at radius 2 is 1.85 bits per heavy atom. The Hall–Kier alpha value is -3.44. The average Bonchev–Trinajstić information content (AvgIpc) is 3.40. The van der Waals surface area contributed by atoms with Gasteiger partial charge < -0.3 is 15.1 Å². The van der Waals surface area contributed by atoms with Crippen molar-refractivity contribution in [1.82, 2.24) is 14.7 Å². The van der Waals surface area contributed by atoms with E-state index in [0.717, 1.165) is 36.2 Å². The lowest BCUT2D eigenvalue weighted by atomic mass is 9.93. The molecule has 0 aliphatic carbocycles. The molecule has 2 atom stereocenters. The van der Waals surface area contributed by atoms with E-state index in [4.69, 9.17) is 0 Å². The van der Waals surface area contributed by atoms with Gasteiger partial charge in [0.05, 0.1) is 11.6 Å². The van der Waals surface area contributed by atoms with Crippen LogP contribution in [0.2, 0.25) is 0 Å². The third-order valence-electron chi connectivity index (χ3n) is 7.53. The SMILES string of the molecule is C[C@H]1CN(C(=O)CCN2CCc3sccc3[C@H]2c2cccc(F)c2)CCN1C(=O)Nc1cccc(C(F)(F)F)c1. The van der Waals surface area contributed by atoms with E-state index in [1.807, 2.05) is 13.0 Å². The molecule has 0 radical (unpaired) electrons. The van der Waals surface area contributed by atoms with Gasteiger partial charge in [0.2, 0.25) is 5.91 Å². The molecule has 1 aromatic heterocycles. The number of urea groups is 1. The molecular formula is C29H30F4N4O2S. The normalized spacial score (nSPS) is 19.8. The summed E-state index contributed by atoms with van der Waals surface area (Å²) in [4.78, 5) is 32.8. The summed E-state index contributed by atoms with van der Waals surface area (Å²) in [6.07, 6.45) is -3.34. The second kappa shape index (κ2) is 11.6. The highest BCUT2D eigenvalue weighted by molar-refractivity contribution is 7.10. The van der Waals surface area contributed by atoms with Crippen molar-refractivity contribution in [2.75, 3.05) is 38.0 Å². The Bertz CT molecular complexity index is 1380. The van der Waals surface area contributed by atoms with Crippen molar-refractivity contribution in [3.8, 4) is 0 Å². The van der Waals surface area contributed by atoms with Gasteiger partial charge in [0.25, 0.3) is 0 Å². The van der Waals surface area contributed by atoms with Crippen LogP contribution in [0.25, 0.3) is 0 Å².